The van der Waals surface area contributed by atoms with Crippen molar-refractivity contribution < 1.29 is 4.74 Å². The van der Waals surface area contributed by atoms with Crippen LogP contribution in [0.2, 0.25) is 10.0 Å². The summed E-state index contributed by atoms with van der Waals surface area (Å²) in [5.74, 6) is 0.727. The van der Waals surface area contributed by atoms with Crippen LogP contribution < -0.4 is 4.74 Å². The largest absolute Gasteiger partial charge is 0.492 e. The van der Waals surface area contributed by atoms with Crippen LogP contribution >= 0.6 is 23.2 Å². The molecule has 0 aliphatic rings. The summed E-state index contributed by atoms with van der Waals surface area (Å²) in [7, 11) is 0. The first-order chi connectivity index (χ1) is 7.65. The van der Waals surface area contributed by atoms with Crippen molar-refractivity contribution in [3.05, 3.63) is 28.2 Å². The number of likely N-dealkylation sites (N-methyl/N-ethyl adjacent to an activating group) is 1. The Balaban J connectivity index is 2.42. The molecule has 16 heavy (non-hydrogen) atoms. The van der Waals surface area contributed by atoms with Crippen LogP contribution in [-0.2, 0) is 0 Å². The number of rotatable bonds is 6. The summed E-state index contributed by atoms with van der Waals surface area (Å²) in [6, 6.07) is 5.24. The molecule has 2 nitrogen and oxygen atoms in total. The molecule has 0 spiro atoms. The van der Waals surface area contributed by atoms with E-state index in [-0.39, 0.29) is 0 Å². The van der Waals surface area contributed by atoms with Gasteiger partial charge in [-0.1, -0.05) is 37.0 Å². The number of halogens is 2. The summed E-state index contributed by atoms with van der Waals surface area (Å²) in [5.41, 5.74) is 0. The van der Waals surface area contributed by atoms with E-state index < -0.39 is 0 Å². The van der Waals surface area contributed by atoms with Gasteiger partial charge in [-0.3, -0.25) is 0 Å². The van der Waals surface area contributed by atoms with E-state index in [0.29, 0.717) is 16.7 Å². The molecule has 0 N–H and O–H groups in total. The third kappa shape index (κ3) is 4.60. The Hall–Kier alpha value is -0.440. The molecule has 0 aliphatic heterocycles. The lowest BCUT2D eigenvalue weighted by atomic mass is 10.3. The zero-order chi connectivity index (χ0) is 12.0. The number of hydrogen-bond donors (Lipinski definition) is 0. The summed E-state index contributed by atoms with van der Waals surface area (Å²) in [4.78, 5) is 2.30. The molecule has 0 saturated heterocycles. The second kappa shape index (κ2) is 7.00. The van der Waals surface area contributed by atoms with Crippen LogP contribution in [0.3, 0.4) is 0 Å². The number of ether oxygens (including phenoxy) is 1. The van der Waals surface area contributed by atoms with Crippen molar-refractivity contribution in [3.63, 3.8) is 0 Å². The molecule has 0 saturated carbocycles. The summed E-state index contributed by atoms with van der Waals surface area (Å²) in [6.45, 7) is 7.92. The van der Waals surface area contributed by atoms with E-state index >= 15 is 0 Å². The molecular weight excluding hydrogens is 245 g/mol. The molecule has 90 valence electrons. The van der Waals surface area contributed by atoms with E-state index in [1.807, 2.05) is 0 Å². The summed E-state index contributed by atoms with van der Waals surface area (Å²) >= 11 is 11.7. The molecule has 0 heterocycles. The highest BCUT2D eigenvalue weighted by molar-refractivity contribution is 6.34. The van der Waals surface area contributed by atoms with Crippen molar-refractivity contribution in [1.82, 2.24) is 4.90 Å². The predicted molar refractivity (Wildman–Crippen MR) is 69.7 cm³/mol. The Labute approximate surface area is 107 Å². The molecule has 0 aromatic heterocycles. The smallest absolute Gasteiger partial charge is 0.122 e. The molecular formula is C12H17Cl2NO. The Morgan fingerprint density at radius 2 is 1.62 bits per heavy atom. The number of benzene rings is 1. The minimum Gasteiger partial charge on any atom is -0.492 e. The van der Waals surface area contributed by atoms with Gasteiger partial charge >= 0.3 is 0 Å². The third-order valence-corrected chi connectivity index (χ3v) is 2.84. The highest BCUT2D eigenvalue weighted by Crippen LogP contribution is 2.23. The fourth-order valence-corrected chi connectivity index (χ4v) is 1.95. The van der Waals surface area contributed by atoms with E-state index in [0.717, 1.165) is 25.4 Å². The van der Waals surface area contributed by atoms with Crippen LogP contribution in [0.1, 0.15) is 13.8 Å². The van der Waals surface area contributed by atoms with Crippen molar-refractivity contribution in [2.75, 3.05) is 26.2 Å². The molecule has 0 amide bonds. The van der Waals surface area contributed by atoms with E-state index in [1.54, 1.807) is 18.2 Å². The maximum Gasteiger partial charge on any atom is 0.122 e. The second-order valence-corrected chi connectivity index (χ2v) is 4.35. The maximum absolute atomic E-state index is 5.87. The summed E-state index contributed by atoms with van der Waals surface area (Å²) in [6.07, 6.45) is 0. The van der Waals surface area contributed by atoms with Gasteiger partial charge in [-0.2, -0.15) is 0 Å². The molecule has 0 fully saturated rings. The van der Waals surface area contributed by atoms with Crippen molar-refractivity contribution in [2.45, 2.75) is 13.8 Å². The second-order valence-electron chi connectivity index (χ2n) is 3.48. The highest BCUT2D eigenvalue weighted by Gasteiger charge is 2.01. The van der Waals surface area contributed by atoms with Crippen molar-refractivity contribution >= 4 is 23.2 Å². The third-order valence-electron chi connectivity index (χ3n) is 2.41. The maximum atomic E-state index is 5.87. The molecule has 0 unspecified atom stereocenters. The van der Waals surface area contributed by atoms with Gasteiger partial charge < -0.3 is 9.64 Å². The fraction of sp³-hybridized carbons (Fsp3) is 0.500. The lowest BCUT2D eigenvalue weighted by Crippen LogP contribution is -2.27. The Bertz CT molecular complexity index is 307. The average Bonchev–Trinajstić information content (AvgIpc) is 2.23. The van der Waals surface area contributed by atoms with E-state index in [1.165, 1.54) is 0 Å². The van der Waals surface area contributed by atoms with Crippen LogP contribution in [0, 0.1) is 0 Å². The van der Waals surface area contributed by atoms with Gasteiger partial charge in [0.2, 0.25) is 0 Å². The van der Waals surface area contributed by atoms with Gasteiger partial charge in [0, 0.05) is 16.6 Å². The summed E-state index contributed by atoms with van der Waals surface area (Å²) < 4.78 is 5.59. The molecule has 0 radical (unpaired) electrons. The standard InChI is InChI=1S/C12H17Cl2NO/c1-3-15(4-2)5-6-16-12-8-10(13)7-11(14)9-12/h7-9H,3-6H2,1-2H3. The first-order valence-electron chi connectivity index (χ1n) is 5.47. The Morgan fingerprint density at radius 3 is 2.12 bits per heavy atom. The molecule has 0 bridgehead atoms. The Kier molecular flexibility index (Phi) is 5.96. The van der Waals surface area contributed by atoms with Crippen LogP contribution in [0.15, 0.2) is 18.2 Å². The normalized spacial score (nSPS) is 10.8. The summed E-state index contributed by atoms with van der Waals surface area (Å²) in [5, 5.41) is 1.20. The number of nitrogens with zero attached hydrogens (tertiary/aromatic N) is 1. The monoisotopic (exact) mass is 261 g/mol. The molecule has 1 rings (SSSR count). The molecule has 1 aromatic carbocycles. The van der Waals surface area contributed by atoms with Gasteiger partial charge in [-0.05, 0) is 31.3 Å². The van der Waals surface area contributed by atoms with Crippen LogP contribution in [0.4, 0.5) is 0 Å². The average molecular weight is 262 g/mol. The van der Waals surface area contributed by atoms with E-state index in [9.17, 15) is 0 Å². The van der Waals surface area contributed by atoms with E-state index in [4.69, 9.17) is 27.9 Å². The minimum atomic E-state index is 0.602. The molecule has 0 aliphatic carbocycles. The first kappa shape index (κ1) is 13.6. The van der Waals surface area contributed by atoms with Crippen molar-refractivity contribution in [2.24, 2.45) is 0 Å². The lowest BCUT2D eigenvalue weighted by molar-refractivity contribution is 0.223. The first-order valence-corrected chi connectivity index (χ1v) is 6.22. The van der Waals surface area contributed by atoms with Gasteiger partial charge in [0.1, 0.15) is 12.4 Å². The fourth-order valence-electron chi connectivity index (χ4n) is 1.44. The van der Waals surface area contributed by atoms with Gasteiger partial charge in [0.15, 0.2) is 0 Å². The molecule has 0 atom stereocenters. The minimum absolute atomic E-state index is 0.602. The van der Waals surface area contributed by atoms with Crippen molar-refractivity contribution in [1.29, 1.82) is 0 Å². The zero-order valence-corrected chi connectivity index (χ0v) is 11.2. The van der Waals surface area contributed by atoms with Gasteiger partial charge in [0.25, 0.3) is 0 Å². The topological polar surface area (TPSA) is 12.5 Å². The number of hydrogen-bond acceptors (Lipinski definition) is 2. The zero-order valence-electron chi connectivity index (χ0n) is 9.67. The predicted octanol–water partition coefficient (Wildman–Crippen LogP) is 3.71. The quantitative estimate of drug-likeness (QED) is 0.774. The van der Waals surface area contributed by atoms with Gasteiger partial charge in [-0.25, -0.2) is 0 Å². The molecule has 4 heteroatoms. The van der Waals surface area contributed by atoms with Crippen molar-refractivity contribution in [3.8, 4) is 5.75 Å². The van der Waals surface area contributed by atoms with Gasteiger partial charge in [-0.15, -0.1) is 0 Å². The Morgan fingerprint density at radius 1 is 1.06 bits per heavy atom. The SMILES string of the molecule is CCN(CC)CCOc1cc(Cl)cc(Cl)c1. The lowest BCUT2D eigenvalue weighted by Gasteiger charge is -2.18. The molecule has 1 aromatic rings. The van der Waals surface area contributed by atoms with Crippen LogP contribution in [0.5, 0.6) is 5.75 Å². The van der Waals surface area contributed by atoms with Gasteiger partial charge in [0.05, 0.1) is 0 Å². The highest BCUT2D eigenvalue weighted by atomic mass is 35.5. The van der Waals surface area contributed by atoms with Crippen LogP contribution in [-0.4, -0.2) is 31.1 Å². The van der Waals surface area contributed by atoms with E-state index in [2.05, 4.69) is 18.7 Å². The van der Waals surface area contributed by atoms with Crippen LogP contribution in [0.25, 0.3) is 0 Å².